The highest BCUT2D eigenvalue weighted by molar-refractivity contribution is 5.78. The molecular formula is C19H28N2O3. The number of hydrogen-bond donors (Lipinski definition) is 0. The average molecular weight is 332 g/mol. The lowest BCUT2D eigenvalue weighted by molar-refractivity contribution is -0.140. The van der Waals surface area contributed by atoms with Gasteiger partial charge in [-0.1, -0.05) is 26.0 Å². The first kappa shape index (κ1) is 18.3. The molecule has 2 amide bonds. The normalized spacial score (nSPS) is 14.8. The van der Waals surface area contributed by atoms with E-state index in [1.807, 2.05) is 34.1 Å². The van der Waals surface area contributed by atoms with Crippen molar-refractivity contribution >= 4 is 11.8 Å². The highest BCUT2D eigenvalue weighted by Crippen LogP contribution is 2.14. The van der Waals surface area contributed by atoms with Gasteiger partial charge in [-0.2, -0.15) is 0 Å². The van der Waals surface area contributed by atoms with Crippen LogP contribution < -0.4 is 4.74 Å². The number of rotatable bonds is 6. The van der Waals surface area contributed by atoms with Crippen molar-refractivity contribution in [3.63, 3.8) is 0 Å². The van der Waals surface area contributed by atoms with Gasteiger partial charge in [0.05, 0.1) is 7.11 Å². The number of carbonyl (C=O) groups is 2. The smallest absolute Gasteiger partial charge is 0.223 e. The van der Waals surface area contributed by atoms with Gasteiger partial charge in [0.1, 0.15) is 5.75 Å². The van der Waals surface area contributed by atoms with Crippen molar-refractivity contribution in [3.8, 4) is 5.75 Å². The molecule has 0 unspecified atom stereocenters. The fourth-order valence-electron chi connectivity index (χ4n) is 2.89. The van der Waals surface area contributed by atoms with E-state index in [9.17, 15) is 9.59 Å². The molecular weight excluding hydrogens is 304 g/mol. The predicted octanol–water partition coefficient (Wildman–Crippen LogP) is 2.34. The van der Waals surface area contributed by atoms with Crippen LogP contribution in [0.2, 0.25) is 0 Å². The molecule has 1 aliphatic rings. The second kappa shape index (κ2) is 8.71. The lowest BCUT2D eigenvalue weighted by Gasteiger charge is -2.35. The monoisotopic (exact) mass is 332 g/mol. The molecule has 1 aromatic carbocycles. The van der Waals surface area contributed by atoms with Crippen LogP contribution >= 0.6 is 0 Å². The summed E-state index contributed by atoms with van der Waals surface area (Å²) in [5, 5.41) is 0. The van der Waals surface area contributed by atoms with Crippen molar-refractivity contribution in [3.05, 3.63) is 29.8 Å². The van der Waals surface area contributed by atoms with E-state index < -0.39 is 0 Å². The topological polar surface area (TPSA) is 49.9 Å². The van der Waals surface area contributed by atoms with E-state index >= 15 is 0 Å². The molecule has 0 N–H and O–H groups in total. The van der Waals surface area contributed by atoms with Gasteiger partial charge >= 0.3 is 0 Å². The third-order valence-electron chi connectivity index (χ3n) is 4.35. The number of amides is 2. The van der Waals surface area contributed by atoms with Crippen LogP contribution in [0.25, 0.3) is 0 Å². The highest BCUT2D eigenvalue weighted by Gasteiger charge is 2.24. The Hall–Kier alpha value is -2.04. The summed E-state index contributed by atoms with van der Waals surface area (Å²) in [4.78, 5) is 28.2. The number of benzene rings is 1. The van der Waals surface area contributed by atoms with Crippen LogP contribution in [0.3, 0.4) is 0 Å². The van der Waals surface area contributed by atoms with Crippen molar-refractivity contribution < 1.29 is 14.3 Å². The summed E-state index contributed by atoms with van der Waals surface area (Å²) in [6.45, 7) is 6.70. The van der Waals surface area contributed by atoms with E-state index in [4.69, 9.17) is 4.74 Å². The Bertz CT molecular complexity index is 546. The molecule has 2 rings (SSSR count). The van der Waals surface area contributed by atoms with Gasteiger partial charge < -0.3 is 14.5 Å². The Kier molecular flexibility index (Phi) is 6.64. The number of nitrogens with zero attached hydrogens (tertiary/aromatic N) is 2. The van der Waals surface area contributed by atoms with Gasteiger partial charge in [-0.25, -0.2) is 0 Å². The summed E-state index contributed by atoms with van der Waals surface area (Å²) in [6, 6.07) is 7.82. The number of ether oxygens (including phenoxy) is 1. The molecule has 132 valence electrons. The maximum atomic E-state index is 12.3. The Morgan fingerprint density at radius 1 is 1.00 bits per heavy atom. The zero-order valence-corrected chi connectivity index (χ0v) is 15.0. The van der Waals surface area contributed by atoms with E-state index in [1.54, 1.807) is 7.11 Å². The number of hydrogen-bond acceptors (Lipinski definition) is 3. The Balaban J connectivity index is 1.75. The molecule has 0 spiro atoms. The molecule has 0 radical (unpaired) electrons. The van der Waals surface area contributed by atoms with Crippen LogP contribution in [-0.2, 0) is 16.0 Å². The second-order valence-corrected chi connectivity index (χ2v) is 6.71. The van der Waals surface area contributed by atoms with Crippen LogP contribution in [0, 0.1) is 5.92 Å². The van der Waals surface area contributed by atoms with Gasteiger partial charge in [0, 0.05) is 39.0 Å². The molecule has 1 aromatic rings. The maximum Gasteiger partial charge on any atom is 0.223 e. The summed E-state index contributed by atoms with van der Waals surface area (Å²) >= 11 is 0. The van der Waals surface area contributed by atoms with E-state index in [-0.39, 0.29) is 11.8 Å². The Labute approximate surface area is 144 Å². The Morgan fingerprint density at radius 2 is 1.54 bits per heavy atom. The largest absolute Gasteiger partial charge is 0.497 e. The first-order chi connectivity index (χ1) is 11.5. The second-order valence-electron chi connectivity index (χ2n) is 6.71. The minimum atomic E-state index is 0.168. The molecule has 0 saturated carbocycles. The SMILES string of the molecule is COc1ccc(CCC(=O)N2CCN(C(=O)CC(C)C)CC2)cc1. The van der Waals surface area contributed by atoms with E-state index in [0.717, 1.165) is 17.7 Å². The van der Waals surface area contributed by atoms with Crippen LogP contribution in [-0.4, -0.2) is 54.9 Å². The average Bonchev–Trinajstić information content (AvgIpc) is 2.59. The molecule has 1 aliphatic heterocycles. The third-order valence-corrected chi connectivity index (χ3v) is 4.35. The standard InChI is InChI=1S/C19H28N2O3/c1-15(2)14-19(23)21-12-10-20(11-13-21)18(22)9-6-16-4-7-17(24-3)8-5-16/h4-5,7-8,15H,6,9-14H2,1-3H3. The molecule has 1 saturated heterocycles. The van der Waals surface area contributed by atoms with Gasteiger partial charge in [-0.3, -0.25) is 9.59 Å². The summed E-state index contributed by atoms with van der Waals surface area (Å²) in [5.74, 6) is 1.58. The predicted molar refractivity (Wildman–Crippen MR) is 93.9 cm³/mol. The van der Waals surface area contributed by atoms with Crippen LogP contribution in [0.4, 0.5) is 0 Å². The summed E-state index contributed by atoms with van der Waals surface area (Å²) in [6.07, 6.45) is 1.83. The fourth-order valence-corrected chi connectivity index (χ4v) is 2.89. The van der Waals surface area contributed by atoms with E-state index in [1.165, 1.54) is 0 Å². The number of aryl methyl sites for hydroxylation is 1. The third kappa shape index (κ3) is 5.25. The van der Waals surface area contributed by atoms with Crippen LogP contribution in [0.15, 0.2) is 24.3 Å². The first-order valence-electron chi connectivity index (χ1n) is 8.68. The van der Waals surface area contributed by atoms with Crippen molar-refractivity contribution in [1.29, 1.82) is 0 Å². The van der Waals surface area contributed by atoms with Crippen molar-refractivity contribution in [2.45, 2.75) is 33.1 Å². The quantitative estimate of drug-likeness (QED) is 0.803. The van der Waals surface area contributed by atoms with Gasteiger partial charge in [-0.05, 0) is 30.0 Å². The number of piperazine rings is 1. The summed E-state index contributed by atoms with van der Waals surface area (Å²) in [7, 11) is 1.64. The van der Waals surface area contributed by atoms with E-state index in [2.05, 4.69) is 13.8 Å². The summed E-state index contributed by atoms with van der Waals surface area (Å²) in [5.41, 5.74) is 1.13. The van der Waals surface area contributed by atoms with Crippen molar-refractivity contribution in [2.75, 3.05) is 33.3 Å². The maximum absolute atomic E-state index is 12.3. The first-order valence-corrected chi connectivity index (χ1v) is 8.68. The molecule has 5 nitrogen and oxygen atoms in total. The molecule has 5 heteroatoms. The van der Waals surface area contributed by atoms with Gasteiger partial charge in [0.25, 0.3) is 0 Å². The van der Waals surface area contributed by atoms with Gasteiger partial charge in [-0.15, -0.1) is 0 Å². The Morgan fingerprint density at radius 3 is 2.04 bits per heavy atom. The molecule has 1 fully saturated rings. The molecule has 0 bridgehead atoms. The minimum absolute atomic E-state index is 0.168. The zero-order valence-electron chi connectivity index (χ0n) is 15.0. The van der Waals surface area contributed by atoms with Crippen molar-refractivity contribution in [2.24, 2.45) is 5.92 Å². The van der Waals surface area contributed by atoms with E-state index in [0.29, 0.717) is 44.9 Å². The summed E-state index contributed by atoms with van der Waals surface area (Å²) < 4.78 is 5.14. The minimum Gasteiger partial charge on any atom is -0.497 e. The molecule has 0 atom stereocenters. The zero-order chi connectivity index (χ0) is 17.5. The molecule has 0 aliphatic carbocycles. The van der Waals surface area contributed by atoms with Crippen LogP contribution in [0.5, 0.6) is 5.75 Å². The van der Waals surface area contributed by atoms with Crippen molar-refractivity contribution in [1.82, 2.24) is 9.80 Å². The van der Waals surface area contributed by atoms with Crippen LogP contribution in [0.1, 0.15) is 32.3 Å². The number of carbonyl (C=O) groups excluding carboxylic acids is 2. The lowest BCUT2D eigenvalue weighted by atomic mass is 10.1. The lowest BCUT2D eigenvalue weighted by Crippen LogP contribution is -2.50. The van der Waals surface area contributed by atoms with Gasteiger partial charge in [0.15, 0.2) is 0 Å². The number of methoxy groups -OCH3 is 1. The molecule has 1 heterocycles. The highest BCUT2D eigenvalue weighted by atomic mass is 16.5. The fraction of sp³-hybridized carbons (Fsp3) is 0.579. The molecule has 0 aromatic heterocycles. The molecule has 24 heavy (non-hydrogen) atoms. The van der Waals surface area contributed by atoms with Gasteiger partial charge in [0.2, 0.25) is 11.8 Å².